The molecule has 0 heterocycles. The third-order valence-corrected chi connectivity index (χ3v) is 3.82. The van der Waals surface area contributed by atoms with E-state index in [1.165, 1.54) is 24.0 Å². The summed E-state index contributed by atoms with van der Waals surface area (Å²) in [5.41, 5.74) is 2.80. The van der Waals surface area contributed by atoms with Gasteiger partial charge < -0.3 is 10.1 Å². The molecule has 0 saturated heterocycles. The molecule has 1 N–H and O–H groups in total. The summed E-state index contributed by atoms with van der Waals surface area (Å²) in [7, 11) is 0. The minimum absolute atomic E-state index is 0.198. The van der Waals surface area contributed by atoms with E-state index in [1.54, 1.807) is 0 Å². The lowest BCUT2D eigenvalue weighted by Gasteiger charge is -2.20. The van der Waals surface area contributed by atoms with Crippen LogP contribution in [0.1, 0.15) is 65.0 Å². The maximum absolute atomic E-state index is 5.93. The lowest BCUT2D eigenvalue weighted by molar-refractivity contribution is 0.296. The summed E-state index contributed by atoms with van der Waals surface area (Å²) < 4.78 is 5.93. The first-order valence-electron chi connectivity index (χ1n) is 8.32. The Morgan fingerprint density at radius 3 is 2.52 bits per heavy atom. The largest absolute Gasteiger partial charge is 0.493 e. The Balaban J connectivity index is 2.39. The van der Waals surface area contributed by atoms with Gasteiger partial charge in [0.2, 0.25) is 0 Å². The zero-order valence-electron chi connectivity index (χ0n) is 14.8. The van der Waals surface area contributed by atoms with Crippen LogP contribution < -0.4 is 10.1 Å². The van der Waals surface area contributed by atoms with Crippen LogP contribution in [0.2, 0.25) is 0 Å². The monoisotopic (exact) mass is 291 g/mol. The average Bonchev–Trinajstić information content (AvgIpc) is 2.41. The molecule has 1 aromatic rings. The van der Waals surface area contributed by atoms with Gasteiger partial charge in [0.05, 0.1) is 6.61 Å². The van der Waals surface area contributed by atoms with E-state index >= 15 is 0 Å². The van der Waals surface area contributed by atoms with Crippen molar-refractivity contribution in [2.24, 2.45) is 0 Å². The van der Waals surface area contributed by atoms with E-state index in [0.29, 0.717) is 6.04 Å². The highest BCUT2D eigenvalue weighted by atomic mass is 16.5. The van der Waals surface area contributed by atoms with Gasteiger partial charge in [-0.2, -0.15) is 0 Å². The highest BCUT2D eigenvalue weighted by molar-refractivity contribution is 5.38. The first-order valence-corrected chi connectivity index (χ1v) is 8.32. The van der Waals surface area contributed by atoms with Crippen LogP contribution >= 0.6 is 0 Å². The number of nitrogens with one attached hydrogen (secondary N) is 1. The number of ether oxygens (including phenoxy) is 1. The number of hydrogen-bond acceptors (Lipinski definition) is 2. The fourth-order valence-corrected chi connectivity index (χ4v) is 2.34. The van der Waals surface area contributed by atoms with E-state index < -0.39 is 0 Å². The molecule has 0 radical (unpaired) electrons. The lowest BCUT2D eigenvalue weighted by atomic mass is 9.86. The molecule has 1 unspecified atom stereocenters. The summed E-state index contributed by atoms with van der Waals surface area (Å²) in [5, 5.41) is 3.51. The maximum Gasteiger partial charge on any atom is 0.122 e. The maximum atomic E-state index is 5.93. The van der Waals surface area contributed by atoms with Crippen molar-refractivity contribution in [1.29, 1.82) is 0 Å². The van der Waals surface area contributed by atoms with E-state index in [9.17, 15) is 0 Å². The van der Waals surface area contributed by atoms with Gasteiger partial charge in [0.15, 0.2) is 0 Å². The molecule has 0 aliphatic carbocycles. The van der Waals surface area contributed by atoms with E-state index in [-0.39, 0.29) is 5.41 Å². The zero-order chi connectivity index (χ0) is 15.9. The molecular formula is C19H33NO. The molecule has 0 aromatic heterocycles. The van der Waals surface area contributed by atoms with Crippen molar-refractivity contribution in [2.75, 3.05) is 13.2 Å². The van der Waals surface area contributed by atoms with Gasteiger partial charge in [0.1, 0.15) is 5.75 Å². The van der Waals surface area contributed by atoms with Gasteiger partial charge in [-0.15, -0.1) is 0 Å². The molecule has 2 heteroatoms. The molecule has 0 aliphatic heterocycles. The molecule has 0 amide bonds. The quantitative estimate of drug-likeness (QED) is 0.692. The normalized spacial score (nSPS) is 13.2. The highest BCUT2D eigenvalue weighted by Crippen LogP contribution is 2.27. The van der Waals surface area contributed by atoms with Crippen molar-refractivity contribution in [3.63, 3.8) is 0 Å². The van der Waals surface area contributed by atoms with Gasteiger partial charge in [-0.25, -0.2) is 0 Å². The Morgan fingerprint density at radius 1 is 1.24 bits per heavy atom. The Morgan fingerprint density at radius 2 is 1.95 bits per heavy atom. The van der Waals surface area contributed by atoms with E-state index in [4.69, 9.17) is 4.74 Å². The van der Waals surface area contributed by atoms with Crippen molar-refractivity contribution >= 4 is 0 Å². The van der Waals surface area contributed by atoms with Crippen molar-refractivity contribution < 1.29 is 4.74 Å². The van der Waals surface area contributed by atoms with Gasteiger partial charge >= 0.3 is 0 Å². The molecule has 0 bridgehead atoms. The molecule has 1 rings (SSSR count). The molecule has 120 valence electrons. The summed E-state index contributed by atoms with van der Waals surface area (Å²) >= 11 is 0. The van der Waals surface area contributed by atoms with Crippen LogP contribution in [0.5, 0.6) is 5.75 Å². The van der Waals surface area contributed by atoms with Gasteiger partial charge in [-0.05, 0) is 62.3 Å². The van der Waals surface area contributed by atoms with Gasteiger partial charge in [-0.3, -0.25) is 0 Å². The lowest BCUT2D eigenvalue weighted by Crippen LogP contribution is -2.26. The average molecular weight is 291 g/mol. The van der Waals surface area contributed by atoms with Gasteiger partial charge in [0.25, 0.3) is 0 Å². The molecule has 0 spiro atoms. The summed E-state index contributed by atoms with van der Waals surface area (Å²) in [4.78, 5) is 0. The van der Waals surface area contributed by atoms with E-state index in [1.807, 2.05) is 0 Å². The van der Waals surface area contributed by atoms with Crippen LogP contribution in [0.25, 0.3) is 0 Å². The molecule has 0 fully saturated rings. The summed E-state index contributed by atoms with van der Waals surface area (Å²) in [5.74, 6) is 1.03. The van der Waals surface area contributed by atoms with Crippen molar-refractivity contribution in [3.8, 4) is 5.75 Å². The molecular weight excluding hydrogens is 258 g/mol. The third-order valence-electron chi connectivity index (χ3n) is 3.82. The molecule has 2 nitrogen and oxygen atoms in total. The molecule has 0 saturated carbocycles. The number of aryl methyl sites for hydroxylation is 1. The SMILES string of the molecule is CCCNC(C)CCCOc1ccc(C(C)(C)C)cc1C. The third kappa shape index (κ3) is 6.52. The van der Waals surface area contributed by atoms with Gasteiger partial charge in [-0.1, -0.05) is 39.8 Å². The van der Waals surface area contributed by atoms with Crippen LogP contribution in [0.4, 0.5) is 0 Å². The molecule has 21 heavy (non-hydrogen) atoms. The molecule has 1 atom stereocenters. The Hall–Kier alpha value is -1.02. The summed E-state index contributed by atoms with van der Waals surface area (Å²) in [6.45, 7) is 15.2. The first kappa shape index (κ1) is 18.0. The van der Waals surface area contributed by atoms with Crippen LogP contribution in [-0.4, -0.2) is 19.2 Å². The van der Waals surface area contributed by atoms with Crippen molar-refractivity contribution in [1.82, 2.24) is 5.32 Å². The summed E-state index contributed by atoms with van der Waals surface area (Å²) in [6.07, 6.45) is 3.46. The van der Waals surface area contributed by atoms with Crippen molar-refractivity contribution in [3.05, 3.63) is 29.3 Å². The molecule has 1 aromatic carbocycles. The van der Waals surface area contributed by atoms with Crippen LogP contribution in [0.15, 0.2) is 18.2 Å². The minimum Gasteiger partial charge on any atom is -0.493 e. The Kier molecular flexibility index (Phi) is 7.24. The Labute approximate surface area is 131 Å². The van der Waals surface area contributed by atoms with Crippen molar-refractivity contribution in [2.45, 2.75) is 72.3 Å². The van der Waals surface area contributed by atoms with Gasteiger partial charge in [0, 0.05) is 6.04 Å². The standard InChI is InChI=1S/C19H33NO/c1-7-12-20-16(3)9-8-13-21-18-11-10-17(14-15(18)2)19(4,5)6/h10-11,14,16,20H,7-9,12-13H2,1-6H3. The van der Waals surface area contributed by atoms with Crippen LogP contribution in [0, 0.1) is 6.92 Å². The van der Waals surface area contributed by atoms with Crippen LogP contribution in [-0.2, 0) is 5.41 Å². The topological polar surface area (TPSA) is 21.3 Å². The minimum atomic E-state index is 0.198. The number of rotatable bonds is 8. The first-order chi connectivity index (χ1) is 9.84. The predicted octanol–water partition coefficient (Wildman–Crippen LogP) is 4.84. The van der Waals surface area contributed by atoms with E-state index in [2.05, 4.69) is 65.1 Å². The second kappa shape index (κ2) is 8.43. The van der Waals surface area contributed by atoms with E-state index in [0.717, 1.165) is 25.3 Å². The second-order valence-corrected chi connectivity index (χ2v) is 7.08. The predicted molar refractivity (Wildman–Crippen MR) is 92.4 cm³/mol. The fraction of sp³-hybridized carbons (Fsp3) is 0.684. The fourth-order valence-electron chi connectivity index (χ4n) is 2.34. The Bertz CT molecular complexity index is 420. The second-order valence-electron chi connectivity index (χ2n) is 7.08. The molecule has 0 aliphatic rings. The summed E-state index contributed by atoms with van der Waals surface area (Å²) in [6, 6.07) is 7.14. The smallest absolute Gasteiger partial charge is 0.122 e. The highest BCUT2D eigenvalue weighted by Gasteiger charge is 2.14. The number of benzene rings is 1. The zero-order valence-corrected chi connectivity index (χ0v) is 14.8. The van der Waals surface area contributed by atoms with Crippen LogP contribution in [0.3, 0.4) is 0 Å². The number of hydrogen-bond donors (Lipinski definition) is 1.